The van der Waals surface area contributed by atoms with Crippen molar-refractivity contribution in [1.82, 2.24) is 5.32 Å². The van der Waals surface area contributed by atoms with Gasteiger partial charge in [-0.3, -0.25) is 0 Å². The molecule has 0 aliphatic heterocycles. The standard InChI is InChI=1S/C26H25FN2O3S.ClH/c27-22-10-5-20(6-11-22)18-32-26-14-9-21-3-1-2-4-24(21)25(26)17-29-16-15-19-7-12-23(13-8-19)33(28,30)31;/h1-14,29H,15-18H2,(H2,28,30,31);1H. The van der Waals surface area contributed by atoms with E-state index in [4.69, 9.17) is 9.88 Å². The second-order valence-corrected chi connectivity index (χ2v) is 9.36. The minimum atomic E-state index is -3.68. The van der Waals surface area contributed by atoms with Crippen molar-refractivity contribution in [2.75, 3.05) is 6.54 Å². The highest BCUT2D eigenvalue weighted by Crippen LogP contribution is 2.29. The van der Waals surface area contributed by atoms with Crippen molar-refractivity contribution in [3.8, 4) is 5.75 Å². The van der Waals surface area contributed by atoms with Crippen molar-refractivity contribution >= 4 is 33.2 Å². The summed E-state index contributed by atoms with van der Waals surface area (Å²) < 4.78 is 42.1. The molecule has 0 saturated carbocycles. The predicted octanol–water partition coefficient (Wildman–Crippen LogP) is 4.96. The monoisotopic (exact) mass is 500 g/mol. The van der Waals surface area contributed by atoms with Crippen LogP contribution in [0, 0.1) is 5.82 Å². The number of nitrogens with one attached hydrogen (secondary N) is 1. The molecule has 4 rings (SSSR count). The fourth-order valence-electron chi connectivity index (χ4n) is 3.67. The van der Waals surface area contributed by atoms with Crippen molar-refractivity contribution < 1.29 is 17.5 Å². The Bertz CT molecular complexity index is 1350. The van der Waals surface area contributed by atoms with E-state index in [1.54, 1.807) is 24.3 Å². The minimum Gasteiger partial charge on any atom is -0.489 e. The SMILES string of the molecule is Cl.NS(=O)(=O)c1ccc(CCNCc2c(OCc3ccc(F)cc3)ccc3ccccc23)cc1. The topological polar surface area (TPSA) is 81.4 Å². The molecule has 4 aromatic carbocycles. The second kappa shape index (κ2) is 11.4. The van der Waals surface area contributed by atoms with E-state index in [1.165, 1.54) is 24.3 Å². The molecule has 0 fully saturated rings. The highest BCUT2D eigenvalue weighted by Gasteiger charge is 2.10. The number of sulfonamides is 1. The van der Waals surface area contributed by atoms with Crippen molar-refractivity contribution in [3.63, 3.8) is 0 Å². The third-order valence-corrected chi connectivity index (χ3v) is 6.38. The van der Waals surface area contributed by atoms with Crippen LogP contribution in [-0.4, -0.2) is 15.0 Å². The number of hydrogen-bond donors (Lipinski definition) is 2. The third-order valence-electron chi connectivity index (χ3n) is 5.45. The van der Waals surface area contributed by atoms with E-state index < -0.39 is 10.0 Å². The molecule has 8 heteroatoms. The maximum Gasteiger partial charge on any atom is 0.238 e. The largest absolute Gasteiger partial charge is 0.489 e. The van der Waals surface area contributed by atoms with Crippen LogP contribution in [0.4, 0.5) is 4.39 Å². The summed E-state index contributed by atoms with van der Waals surface area (Å²) in [6.07, 6.45) is 0.738. The molecule has 5 nitrogen and oxygen atoms in total. The molecule has 34 heavy (non-hydrogen) atoms. The first-order valence-corrected chi connectivity index (χ1v) is 12.1. The van der Waals surface area contributed by atoms with Gasteiger partial charge in [0.25, 0.3) is 0 Å². The van der Waals surface area contributed by atoms with Gasteiger partial charge in [-0.2, -0.15) is 0 Å². The molecule has 0 radical (unpaired) electrons. The lowest BCUT2D eigenvalue weighted by atomic mass is 10.0. The Labute approximate surface area is 205 Å². The van der Waals surface area contributed by atoms with Gasteiger partial charge in [-0.15, -0.1) is 12.4 Å². The van der Waals surface area contributed by atoms with Crippen LogP contribution in [-0.2, 0) is 29.6 Å². The lowest BCUT2D eigenvalue weighted by molar-refractivity contribution is 0.302. The summed E-state index contributed by atoms with van der Waals surface area (Å²) in [5.74, 6) is 0.511. The van der Waals surface area contributed by atoms with Gasteiger partial charge in [0.2, 0.25) is 10.0 Å². The average molecular weight is 501 g/mol. The van der Waals surface area contributed by atoms with E-state index >= 15 is 0 Å². The van der Waals surface area contributed by atoms with Crippen LogP contribution in [0.2, 0.25) is 0 Å². The van der Waals surface area contributed by atoms with Crippen LogP contribution in [0.15, 0.2) is 89.8 Å². The predicted molar refractivity (Wildman–Crippen MR) is 135 cm³/mol. The minimum absolute atomic E-state index is 0. The molecule has 0 aliphatic rings. The summed E-state index contributed by atoms with van der Waals surface area (Å²) in [5.41, 5.74) is 2.96. The Kier molecular flexibility index (Phi) is 8.63. The molecule has 0 unspecified atom stereocenters. The molecule has 3 N–H and O–H groups in total. The molecule has 0 amide bonds. The zero-order chi connectivity index (χ0) is 23.3. The lowest BCUT2D eigenvalue weighted by Gasteiger charge is -2.15. The zero-order valence-corrected chi connectivity index (χ0v) is 20.0. The van der Waals surface area contributed by atoms with E-state index in [1.807, 2.05) is 24.3 Å². The van der Waals surface area contributed by atoms with Crippen LogP contribution in [0.1, 0.15) is 16.7 Å². The normalized spacial score (nSPS) is 11.2. The first kappa shape index (κ1) is 25.6. The summed E-state index contributed by atoms with van der Waals surface area (Å²) in [6.45, 7) is 1.66. The van der Waals surface area contributed by atoms with Crippen LogP contribution in [0.25, 0.3) is 10.8 Å². The van der Waals surface area contributed by atoms with E-state index in [2.05, 4.69) is 17.4 Å². The van der Waals surface area contributed by atoms with Gasteiger partial charge in [0, 0.05) is 12.1 Å². The average Bonchev–Trinajstić information content (AvgIpc) is 2.81. The van der Waals surface area contributed by atoms with Gasteiger partial charge >= 0.3 is 0 Å². The summed E-state index contributed by atoms with van der Waals surface area (Å²) in [6, 6.07) is 25.0. The highest BCUT2D eigenvalue weighted by atomic mass is 35.5. The van der Waals surface area contributed by atoms with Gasteiger partial charge in [-0.1, -0.05) is 54.6 Å². The van der Waals surface area contributed by atoms with Crippen molar-refractivity contribution in [2.24, 2.45) is 5.14 Å². The molecule has 0 bridgehead atoms. The number of nitrogens with two attached hydrogens (primary N) is 1. The van der Waals surface area contributed by atoms with Gasteiger partial charge in [-0.25, -0.2) is 17.9 Å². The third kappa shape index (κ3) is 6.55. The number of fused-ring (bicyclic) bond motifs is 1. The molecule has 178 valence electrons. The first-order chi connectivity index (χ1) is 15.9. The van der Waals surface area contributed by atoms with E-state index in [9.17, 15) is 12.8 Å². The maximum atomic E-state index is 13.2. The van der Waals surface area contributed by atoms with Gasteiger partial charge in [0.05, 0.1) is 4.90 Å². The Balaban J connectivity index is 0.00000324. The molecule has 4 aromatic rings. The van der Waals surface area contributed by atoms with Crippen molar-refractivity contribution in [2.45, 2.75) is 24.5 Å². The molecule has 0 aromatic heterocycles. The summed E-state index contributed by atoms with van der Waals surface area (Å²) >= 11 is 0. The van der Waals surface area contributed by atoms with Crippen molar-refractivity contribution in [3.05, 3.63) is 107 Å². The van der Waals surface area contributed by atoms with Crippen LogP contribution in [0.5, 0.6) is 5.75 Å². The molecule has 0 spiro atoms. The first-order valence-electron chi connectivity index (χ1n) is 10.6. The molecular weight excluding hydrogens is 475 g/mol. The van der Waals surface area contributed by atoms with E-state index in [0.29, 0.717) is 19.7 Å². The lowest BCUT2D eigenvalue weighted by Crippen LogP contribution is -2.18. The number of ether oxygens (including phenoxy) is 1. The molecule has 0 heterocycles. The molecule has 0 atom stereocenters. The molecular formula is C26H26ClFN2O3S. The fourth-order valence-corrected chi connectivity index (χ4v) is 4.18. The van der Waals surface area contributed by atoms with E-state index in [-0.39, 0.29) is 23.1 Å². The molecule has 0 saturated heterocycles. The van der Waals surface area contributed by atoms with Gasteiger partial charge in [0.1, 0.15) is 18.2 Å². The Morgan fingerprint density at radius 2 is 1.53 bits per heavy atom. The number of benzene rings is 4. The summed E-state index contributed by atoms with van der Waals surface area (Å²) in [4.78, 5) is 0.109. The van der Waals surface area contributed by atoms with Gasteiger partial charge < -0.3 is 10.1 Å². The van der Waals surface area contributed by atoms with Crippen LogP contribution in [0.3, 0.4) is 0 Å². The van der Waals surface area contributed by atoms with Gasteiger partial charge in [-0.05, 0) is 65.2 Å². The number of rotatable bonds is 9. The van der Waals surface area contributed by atoms with Crippen LogP contribution >= 0.6 is 12.4 Å². The van der Waals surface area contributed by atoms with Crippen molar-refractivity contribution in [1.29, 1.82) is 0 Å². The number of halogens is 2. The fraction of sp³-hybridized carbons (Fsp3) is 0.154. The van der Waals surface area contributed by atoms with Gasteiger partial charge in [0.15, 0.2) is 0 Å². The van der Waals surface area contributed by atoms with E-state index in [0.717, 1.165) is 39.6 Å². The zero-order valence-electron chi connectivity index (χ0n) is 18.4. The summed E-state index contributed by atoms with van der Waals surface area (Å²) in [7, 11) is -3.68. The maximum absolute atomic E-state index is 13.2. The Morgan fingerprint density at radius 1 is 0.853 bits per heavy atom. The highest BCUT2D eigenvalue weighted by molar-refractivity contribution is 7.89. The quantitative estimate of drug-likeness (QED) is 0.318. The number of primary sulfonamides is 1. The molecule has 0 aliphatic carbocycles. The Hall–Kier alpha value is -2.97. The Morgan fingerprint density at radius 3 is 2.24 bits per heavy atom. The number of hydrogen-bond acceptors (Lipinski definition) is 4. The second-order valence-electron chi connectivity index (χ2n) is 7.79. The summed E-state index contributed by atoms with van der Waals surface area (Å²) in [5, 5.41) is 10.9. The smallest absolute Gasteiger partial charge is 0.238 e. The van der Waals surface area contributed by atoms with Crippen LogP contribution < -0.4 is 15.2 Å².